The monoisotopic (exact) mass is 1590 g/mol. The minimum absolute atomic E-state index is 0.0302. The third-order valence-corrected chi connectivity index (χ3v) is 22.7. The maximum Gasteiger partial charge on any atom is 0.325 e. The van der Waals surface area contributed by atoms with E-state index in [1.54, 1.807) is 53.3 Å². The number of nitrogens with two attached hydrogens (primary N) is 3. The van der Waals surface area contributed by atoms with Crippen LogP contribution in [0, 0.1) is 5.92 Å². The summed E-state index contributed by atoms with van der Waals surface area (Å²) in [5, 5.41) is 5.23. The Labute approximate surface area is 596 Å². The number of ether oxygens (including phenoxy) is 4. The third-order valence-electron chi connectivity index (χ3n) is 16.4. The SMILES string of the molecule is CC(C)C(=O)Nc1nc2c(ncn2[C@@H]2O[C@@H]3COP(O)(=S)O[C@H]4C[C@H](n5cnc6c(NC(=O)c7ccccc7)ncnc65)O[C@@H]4COP(O)(=S)O[C@@H]2[C@@H]3F)c(=O)[nH]1.CN.Nc1nc2c(ncn2[C@@H]2O[C@@H]3COP(O)(=S)O[C@H]4C[C@H](n5cnc6c(N)ncnc65)OC4COP(O)(=S)O[C@@H]2[C@@H]3F)c(=O)[nH]1. The number of hydrogen-bond acceptors (Lipinski definition) is 33. The number of H-pyrrole nitrogens is 2. The molecular weight excluding hydrogens is 1530 g/mol. The second kappa shape index (κ2) is 29.9. The first-order valence-corrected chi connectivity index (χ1v) is 41.0. The van der Waals surface area contributed by atoms with Crippen molar-refractivity contribution in [3.8, 4) is 0 Å². The topological polar surface area (TPSA) is 542 Å². The first-order valence-electron chi connectivity index (χ1n) is 30.6. The van der Waals surface area contributed by atoms with Crippen LogP contribution < -0.4 is 39.0 Å². The highest BCUT2D eigenvalue weighted by atomic mass is 32.5. The van der Waals surface area contributed by atoms with Gasteiger partial charge in [-0.2, -0.15) is 9.97 Å². The summed E-state index contributed by atoms with van der Waals surface area (Å²) in [6.07, 6.45) is -10.8. The Morgan fingerprint density at radius 1 is 0.553 bits per heavy atom. The Morgan fingerprint density at radius 3 is 1.52 bits per heavy atom. The Bertz CT molecular complexity index is 5030. The Balaban J connectivity index is 0.000000185. The number of carbonyl (C=O) groups is 2. The van der Waals surface area contributed by atoms with E-state index in [1.165, 1.54) is 47.8 Å². The Kier molecular flexibility index (Phi) is 21.7. The van der Waals surface area contributed by atoms with E-state index in [2.05, 4.69) is 76.2 Å². The van der Waals surface area contributed by atoms with Gasteiger partial charge in [-0.15, -0.1) is 0 Å². The summed E-state index contributed by atoms with van der Waals surface area (Å²) in [5.41, 5.74) is 16.0. The van der Waals surface area contributed by atoms with E-state index in [-0.39, 0.29) is 69.9 Å². The zero-order valence-corrected chi connectivity index (χ0v) is 60.1. The molecular formula is C52H61F2N21O20P4S4. The summed E-state index contributed by atoms with van der Waals surface area (Å²) >= 11 is 21.1. The van der Waals surface area contributed by atoms with Gasteiger partial charge in [0.05, 0.1) is 63.9 Å². The molecule has 2 amide bonds. The third kappa shape index (κ3) is 15.8. The molecule has 14 heterocycles. The van der Waals surface area contributed by atoms with Crippen LogP contribution in [0.15, 0.2) is 77.9 Å². The van der Waals surface area contributed by atoms with Crippen molar-refractivity contribution in [2.45, 2.75) is 113 Å². The summed E-state index contributed by atoms with van der Waals surface area (Å²) in [6, 6.07) is 8.53. The molecule has 8 aromatic heterocycles. The molecule has 41 nitrogen and oxygen atoms in total. The second-order valence-corrected chi connectivity index (χ2v) is 34.5. The van der Waals surface area contributed by atoms with Crippen LogP contribution in [0.25, 0.3) is 44.7 Å². The maximum atomic E-state index is 16.2. The van der Waals surface area contributed by atoms with Crippen molar-refractivity contribution in [2.24, 2.45) is 11.7 Å². The van der Waals surface area contributed by atoms with Gasteiger partial charge >= 0.3 is 26.9 Å². The van der Waals surface area contributed by atoms with Crippen molar-refractivity contribution < 1.29 is 93.1 Å². The van der Waals surface area contributed by atoms with Crippen molar-refractivity contribution >= 4 is 154 Å². The molecule has 15 rings (SSSR count). The number of imidazole rings is 4. The molecule has 5 unspecified atom stereocenters. The van der Waals surface area contributed by atoms with E-state index >= 15 is 8.78 Å². The maximum absolute atomic E-state index is 16.2. The molecule has 0 spiro atoms. The van der Waals surface area contributed by atoms with Crippen LogP contribution >= 0.6 is 26.9 Å². The fourth-order valence-electron chi connectivity index (χ4n) is 11.6. The number of hydrogen-bond donors (Lipinski definition) is 11. The molecule has 103 heavy (non-hydrogen) atoms. The molecule has 4 bridgehead atoms. The first kappa shape index (κ1) is 74.6. The highest BCUT2D eigenvalue weighted by molar-refractivity contribution is 8.08. The molecule has 0 radical (unpaired) electrons. The van der Waals surface area contributed by atoms with Crippen LogP contribution in [0.1, 0.15) is 62.0 Å². The van der Waals surface area contributed by atoms with Crippen LogP contribution in [0.4, 0.5) is 32.3 Å². The number of nitrogen functional groups attached to an aromatic ring is 2. The predicted octanol–water partition coefficient (Wildman–Crippen LogP) is 2.05. The lowest BCUT2D eigenvalue weighted by Gasteiger charge is -2.27. The van der Waals surface area contributed by atoms with Crippen molar-refractivity contribution in [1.29, 1.82) is 0 Å². The van der Waals surface area contributed by atoms with Gasteiger partial charge in [0.2, 0.25) is 17.8 Å². The average Bonchev–Trinajstić information content (AvgIpc) is 1.62. The van der Waals surface area contributed by atoms with Gasteiger partial charge in [0.15, 0.2) is 75.6 Å². The number of aromatic nitrogens is 16. The van der Waals surface area contributed by atoms with Crippen molar-refractivity contribution in [3.63, 3.8) is 0 Å². The summed E-state index contributed by atoms with van der Waals surface area (Å²) in [6.45, 7) is -15.5. The predicted molar refractivity (Wildman–Crippen MR) is 368 cm³/mol. The van der Waals surface area contributed by atoms with Gasteiger partial charge in [-0.3, -0.25) is 61.8 Å². The van der Waals surface area contributed by atoms with E-state index in [1.807, 2.05) is 0 Å². The van der Waals surface area contributed by atoms with Crippen molar-refractivity contribution in [3.05, 3.63) is 94.6 Å². The van der Waals surface area contributed by atoms with Gasteiger partial charge in [0.25, 0.3) is 17.0 Å². The molecule has 14 N–H and O–H groups in total. The van der Waals surface area contributed by atoms with E-state index in [0.717, 1.165) is 6.33 Å². The summed E-state index contributed by atoms with van der Waals surface area (Å²) < 4.78 is 107. The number of anilines is 4. The number of nitrogens with zero attached hydrogens (tertiary/aromatic N) is 14. The van der Waals surface area contributed by atoms with E-state index in [9.17, 15) is 38.8 Å². The number of carbonyl (C=O) groups excluding carboxylic acids is 2. The van der Waals surface area contributed by atoms with E-state index < -0.39 is 168 Å². The number of halogens is 2. The number of rotatable bonds is 8. The zero-order chi connectivity index (χ0) is 73.2. The molecule has 1 aromatic carbocycles. The van der Waals surface area contributed by atoms with Crippen LogP contribution in [-0.2, 0) is 107 Å². The smallest absolute Gasteiger partial charge is 0.325 e. The van der Waals surface area contributed by atoms with Gasteiger partial charge in [-0.25, -0.2) is 48.7 Å². The molecule has 9 aromatic rings. The lowest BCUT2D eigenvalue weighted by Crippen LogP contribution is -2.32. The van der Waals surface area contributed by atoms with Gasteiger partial charge in [-0.1, -0.05) is 32.0 Å². The quantitative estimate of drug-likeness (QED) is 0.0970. The van der Waals surface area contributed by atoms with Crippen molar-refractivity contribution in [1.82, 2.24) is 78.1 Å². The molecule has 51 heteroatoms. The van der Waals surface area contributed by atoms with Crippen LogP contribution in [0.5, 0.6) is 0 Å². The normalized spacial score (nSPS) is 32.7. The largest absolute Gasteiger partial charge is 0.382 e. The minimum atomic E-state index is -4.33. The Hall–Kier alpha value is -6.66. The van der Waals surface area contributed by atoms with Gasteiger partial charge < -0.3 is 88.2 Å². The summed E-state index contributed by atoms with van der Waals surface area (Å²) in [4.78, 5) is 141. The van der Waals surface area contributed by atoms with Gasteiger partial charge in [0, 0.05) is 24.3 Å². The molecule has 0 aliphatic carbocycles. The van der Waals surface area contributed by atoms with Crippen LogP contribution in [0.2, 0.25) is 0 Å². The number of fused-ring (bicyclic) bond motifs is 10. The van der Waals surface area contributed by atoms with E-state index in [4.69, 9.17) is 114 Å². The Morgan fingerprint density at radius 2 is 1.00 bits per heavy atom. The number of benzene rings is 1. The average molecular weight is 1590 g/mol. The molecule has 6 fully saturated rings. The lowest BCUT2D eigenvalue weighted by molar-refractivity contribution is -0.119. The molecule has 552 valence electrons. The first-order chi connectivity index (χ1) is 49.0. The zero-order valence-electron chi connectivity index (χ0n) is 53.2. The van der Waals surface area contributed by atoms with Gasteiger partial charge in [0.1, 0.15) is 67.3 Å². The van der Waals surface area contributed by atoms with E-state index in [0.29, 0.717) is 16.7 Å². The van der Waals surface area contributed by atoms with Crippen molar-refractivity contribution in [2.75, 3.05) is 55.6 Å². The fourth-order valence-corrected chi connectivity index (χ4v) is 17.4. The minimum Gasteiger partial charge on any atom is -0.382 e. The fraction of sp³-hybridized carbons (Fsp3) is 0.462. The standard InChI is InChI=1S/C31H33FN10O11P2S2.C20H23FN10O9P2S2.CH5N/c1-14(2)27(43)39-31-38-26-22(29(45)40-31)36-13-42(26)30-23-20(32)18(51-30)10-49-54(46,56)52-16-8-19(50-17(16)9-48-55(47,57)53-23)41-12-35-21-24(33-11-34-25(21)41)37-28(44)15-6-4-3-5-7-15;21-11-9-3-36-41(33,43)39-7-1-10(30-5-26-12-15(22)24-4-25-16(12)30)37-8(7)2-35-42(34,44)40-14(11)19(38-9)31-6-27-13-17(31)28-20(23)29-18(13)32;1-2/h3-7,11-14,16-20,23,30H,8-10H2,1-2H3,(H,46,56)(H,47,57)(H,33,34,37,44)(H2,38,39,40,43,45);4-11,14,19H,1-3H2,(H,33,43)(H,34,44)(H2,22,24,25)(H3,23,28,29,32);2H2,1H3/t16-,17+,18+,19+,20+,23+,30+,54?,55?;7-,8?,9+,10+,11+,14+,19+,41?,42?;/m00./s1. The van der Waals surface area contributed by atoms with Gasteiger partial charge in [-0.05, 0) is 66.4 Å². The summed E-state index contributed by atoms with van der Waals surface area (Å²) in [7, 11) is 1.50. The highest BCUT2D eigenvalue weighted by Gasteiger charge is 2.54. The second-order valence-electron chi connectivity index (χ2n) is 23.3. The molecule has 6 aliphatic heterocycles. The number of amides is 2. The lowest BCUT2D eigenvalue weighted by atomic mass is 10.1. The highest BCUT2D eigenvalue weighted by Crippen LogP contribution is 2.57. The number of aromatic amines is 2. The summed E-state index contributed by atoms with van der Waals surface area (Å²) in [5.74, 6) is -1.40. The molecule has 6 saturated heterocycles. The number of alkyl halides is 2. The molecule has 18 atom stereocenters. The number of nitrogens with one attached hydrogen (secondary N) is 4. The van der Waals surface area contributed by atoms with Crippen LogP contribution in [-0.4, -0.2) is 204 Å². The van der Waals surface area contributed by atoms with Crippen LogP contribution in [0.3, 0.4) is 0 Å². The molecule has 0 saturated carbocycles. The molecule has 6 aliphatic rings.